The first-order chi connectivity index (χ1) is 20.8. The van der Waals surface area contributed by atoms with Crippen molar-refractivity contribution in [3.63, 3.8) is 0 Å². The summed E-state index contributed by atoms with van der Waals surface area (Å²) in [5, 5.41) is 46.5. The SMILES string of the molecule is OC(COCCF)COC[C-](F)F.OC(COC[C-](F)F)COCC(O)(F)F.OC(F)(F)COCC1CO1.OC[C-](F)F.OF.[Rf].[Rf].[Rf]. The van der Waals surface area contributed by atoms with Gasteiger partial charge in [0.25, 0.3) is 0 Å². The molecule has 0 amide bonds. The molecule has 0 radical (unpaired) electrons. The number of hydrogen-bond acceptors (Lipinski definition) is 12. The normalized spacial score (nSPS) is 14.6. The van der Waals surface area contributed by atoms with E-state index in [1.807, 2.05) is 0 Å². The number of epoxide rings is 1. The molecule has 12 nitrogen and oxygen atoms in total. The molecule has 1 rings (SSSR count). The number of halogens is 12. The van der Waals surface area contributed by atoms with Crippen molar-refractivity contribution in [3.05, 3.63) is 19.3 Å². The van der Waals surface area contributed by atoms with Crippen LogP contribution in [0.5, 0.6) is 0 Å². The third-order valence-electron chi connectivity index (χ3n) is 3.26. The van der Waals surface area contributed by atoms with E-state index in [2.05, 4.69) is 28.4 Å². The third kappa shape index (κ3) is 68.7. The van der Waals surface area contributed by atoms with E-state index in [0.717, 1.165) is 0 Å². The zero-order chi connectivity index (χ0) is 35.9. The van der Waals surface area contributed by atoms with Gasteiger partial charge in [0, 0.05) is 19.3 Å². The molecule has 284 valence electrons. The fourth-order valence-corrected chi connectivity index (χ4v) is 1.71. The summed E-state index contributed by atoms with van der Waals surface area (Å²) in [6, 6.07) is 0. The summed E-state index contributed by atoms with van der Waals surface area (Å²) in [7, 11) is 0. The Morgan fingerprint density at radius 1 is 0.667 bits per heavy atom. The summed E-state index contributed by atoms with van der Waals surface area (Å²) >= 11 is 0. The van der Waals surface area contributed by atoms with Gasteiger partial charge >= 0.3 is 12.2 Å². The van der Waals surface area contributed by atoms with Crippen LogP contribution in [0, 0.1) is 19.3 Å². The molecule has 1 aliphatic rings. The van der Waals surface area contributed by atoms with Crippen LogP contribution in [0.2, 0.25) is 0 Å². The molecule has 0 aromatic carbocycles. The van der Waals surface area contributed by atoms with Gasteiger partial charge in [0.15, 0.2) is 0 Å². The molecule has 27 heteroatoms. The second-order valence-electron chi connectivity index (χ2n) is 7.59. The van der Waals surface area contributed by atoms with Crippen LogP contribution < -0.4 is 0 Å². The van der Waals surface area contributed by atoms with Gasteiger partial charge in [-0.3, -0.25) is 0 Å². The standard InChI is InChI=1S/C7H11F4O4.C7H12F3O3.C5H8F2O3.C2H3F2O.FHO.3Rf/c8-6(9)3-14-1-5(12)2-15-4-7(10,11)13;8-1-2-12-3-6(11)4-13-5-7(9)10;6-5(7,8)3-9-1-4-2-10-4;3-2(4)1-5;1-2;;;/h5,12-13H,1-4H2;6,11H,1-5H2;4,8H,1-3H2;5H,1H2;2H;;;/q2*-1;;-1;;;;. The van der Waals surface area contributed by atoms with Gasteiger partial charge in [-0.2, -0.15) is 17.6 Å². The molecule has 0 saturated carbocycles. The van der Waals surface area contributed by atoms with Gasteiger partial charge in [-0.25, -0.2) is 9.70 Å². The fraction of sp³-hybridized carbons (Fsp3) is 0.857. The van der Waals surface area contributed by atoms with Crippen molar-refractivity contribution in [3.8, 4) is 0 Å². The van der Waals surface area contributed by atoms with Gasteiger partial charge in [-0.05, 0) is 19.8 Å². The maximum Gasteiger partial charge on any atom is 0.376 e. The van der Waals surface area contributed by atoms with E-state index in [1.165, 1.54) is 0 Å². The average Bonchev–Trinajstić information content (AvgIpc) is 3.74. The van der Waals surface area contributed by atoms with Crippen LogP contribution in [0.3, 0.4) is 0 Å². The molecule has 1 heterocycles. The molecule has 0 aliphatic carbocycles. The van der Waals surface area contributed by atoms with Crippen molar-refractivity contribution in [2.24, 2.45) is 0 Å². The second-order valence-corrected chi connectivity index (χ2v) is 7.59. The van der Waals surface area contributed by atoms with Crippen molar-refractivity contribution in [1.29, 1.82) is 0 Å². The quantitative estimate of drug-likeness (QED) is 0.0423. The Morgan fingerprint density at radius 2 is 1.00 bits per heavy atom. The number of alkyl halides is 5. The van der Waals surface area contributed by atoms with Crippen molar-refractivity contribution < 1.29 is 112 Å². The van der Waals surface area contributed by atoms with Crippen LogP contribution in [-0.2, 0) is 28.4 Å². The fourth-order valence-electron chi connectivity index (χ4n) is 1.71. The Kier molecular flexibility index (Phi) is 45.8. The van der Waals surface area contributed by atoms with E-state index in [4.69, 9.17) is 35.4 Å². The number of aliphatic hydroxyl groups is 5. The smallest absolute Gasteiger partial charge is 0.376 e. The zero-order valence-electron chi connectivity index (χ0n) is 25.2. The van der Waals surface area contributed by atoms with Gasteiger partial charge in [-0.15, -0.1) is 0 Å². The van der Waals surface area contributed by atoms with Crippen LogP contribution in [0.1, 0.15) is 0 Å². The average molecular weight is 1510 g/mol. The van der Waals surface area contributed by atoms with Crippen molar-refractivity contribution >= 4 is 0 Å². The van der Waals surface area contributed by atoms with Crippen LogP contribution in [0.25, 0.3) is 0 Å². The van der Waals surface area contributed by atoms with E-state index >= 15 is 0 Å². The molecule has 48 heavy (non-hydrogen) atoms. The molecule has 1 fully saturated rings. The summed E-state index contributed by atoms with van der Waals surface area (Å²) in [6.07, 6.45) is -15.8. The van der Waals surface area contributed by atoms with Gasteiger partial charge in [-0.1, -0.05) is 4.53 Å². The first kappa shape index (κ1) is 59.1. The summed E-state index contributed by atoms with van der Waals surface area (Å²) in [4.78, 5) is 0. The predicted molar refractivity (Wildman–Crippen MR) is 123 cm³/mol. The number of hydrogen-bond donors (Lipinski definition) is 6. The first-order valence-corrected chi connectivity index (χ1v) is 11.7. The molecule has 0 spiro atoms. The maximum atomic E-state index is 11.7. The molecule has 0 aromatic rings. The summed E-state index contributed by atoms with van der Waals surface area (Å²) in [5.74, 6) is 0. The Bertz CT molecular complexity index is 606. The van der Waals surface area contributed by atoms with Gasteiger partial charge in [0.05, 0.1) is 46.2 Å². The molecule has 6 N–H and O–H groups in total. The Morgan fingerprint density at radius 3 is 1.29 bits per heavy atom. The molecule has 0 aromatic heterocycles. The molecule has 3 unspecified atom stereocenters. The topological polar surface area (TPSA) is 180 Å². The largest absolute Gasteiger partial charge is 0.423 e. The Labute approximate surface area is 248 Å². The summed E-state index contributed by atoms with van der Waals surface area (Å²) < 4.78 is 160. The molecular formula is C21H35F12O12Rf3-3. The minimum atomic E-state index is -3.97. The summed E-state index contributed by atoms with van der Waals surface area (Å²) in [5.41, 5.74) is 0. The molecule has 3 atom stereocenters. The number of rotatable bonds is 21. The van der Waals surface area contributed by atoms with Crippen molar-refractivity contribution in [1.82, 2.24) is 0 Å². The molecule has 1 saturated heterocycles. The van der Waals surface area contributed by atoms with Crippen LogP contribution in [0.4, 0.5) is 52.8 Å². The Hall–Kier alpha value is -4.32. The van der Waals surface area contributed by atoms with E-state index in [-0.39, 0.29) is 32.5 Å². The van der Waals surface area contributed by atoms with E-state index < -0.39 is 96.6 Å². The van der Waals surface area contributed by atoms with E-state index in [9.17, 15) is 48.3 Å². The zero-order valence-corrected chi connectivity index (χ0v) is 44.4. The van der Waals surface area contributed by atoms with Gasteiger partial charge in [0.2, 0.25) is 0 Å². The van der Waals surface area contributed by atoms with E-state index in [1.54, 1.807) is 0 Å². The summed E-state index contributed by atoms with van der Waals surface area (Å²) in [6.45, 7) is -6.46. The third-order valence-corrected chi connectivity index (χ3v) is 3.26. The van der Waals surface area contributed by atoms with Gasteiger partial charge < -0.3 is 80.3 Å². The van der Waals surface area contributed by atoms with Crippen LogP contribution in [0.15, 0.2) is 0 Å². The monoisotopic (exact) mass is 1510 g/mol. The first-order valence-electron chi connectivity index (χ1n) is 11.7. The second kappa shape index (κ2) is 37.1. The van der Waals surface area contributed by atoms with Gasteiger partial charge in [0.1, 0.15) is 38.2 Å². The molecular weight excluding hydrogens is 1470 g/mol. The van der Waals surface area contributed by atoms with Crippen molar-refractivity contribution in [2.75, 3.05) is 86.0 Å². The molecule has 1 aliphatic heterocycles. The predicted octanol–water partition coefficient (Wildman–Crippen LogP) is 1.43. The maximum absolute atomic E-state index is 11.7. The minimum Gasteiger partial charge on any atom is -0.423 e. The molecule has 0 bridgehead atoms. The number of aliphatic hydroxyl groups excluding tert-OH is 3. The number of ether oxygens (including phenoxy) is 6. The van der Waals surface area contributed by atoms with Crippen LogP contribution >= 0.6 is 0 Å². The van der Waals surface area contributed by atoms with Crippen LogP contribution in [-0.4, -0.2) is 147 Å². The minimum absolute atomic E-state index is 0. The Balaban J connectivity index is -0.0000000939. The van der Waals surface area contributed by atoms with E-state index in [0.29, 0.717) is 6.61 Å². The van der Waals surface area contributed by atoms with Crippen molar-refractivity contribution in [2.45, 2.75) is 30.5 Å².